The maximum Gasteiger partial charge on any atom is 0.337 e. The van der Waals surface area contributed by atoms with Gasteiger partial charge in [0.2, 0.25) is 0 Å². The number of carbonyl (C=O) groups is 2. The summed E-state index contributed by atoms with van der Waals surface area (Å²) in [4.78, 5) is 26.3. The summed E-state index contributed by atoms with van der Waals surface area (Å²) in [5, 5.41) is 0. The van der Waals surface area contributed by atoms with E-state index in [4.69, 9.17) is 17.0 Å². The van der Waals surface area contributed by atoms with E-state index in [0.717, 1.165) is 11.3 Å². The molecule has 1 amide bonds. The number of esters is 1. The monoisotopic (exact) mass is 385 g/mol. The predicted molar refractivity (Wildman–Crippen MR) is 106 cm³/mol. The van der Waals surface area contributed by atoms with Gasteiger partial charge in [0.15, 0.2) is 4.32 Å². The largest absolute Gasteiger partial charge is 0.497 e. The molecule has 2 aromatic carbocycles. The SMILES string of the molecule is COC(=O)c1ccc(N2C(=O)C(=Cc3ccc(OC)cc3)SC2=S)cc1. The molecule has 0 saturated carbocycles. The molecule has 0 N–H and O–H groups in total. The van der Waals surface area contributed by atoms with Crippen LogP contribution in [0, 0.1) is 0 Å². The van der Waals surface area contributed by atoms with Crippen LogP contribution in [0.1, 0.15) is 15.9 Å². The fraction of sp³-hybridized carbons (Fsp3) is 0.105. The summed E-state index contributed by atoms with van der Waals surface area (Å²) in [5.74, 6) is 0.128. The fourth-order valence-electron chi connectivity index (χ4n) is 2.41. The summed E-state index contributed by atoms with van der Waals surface area (Å²) in [6.45, 7) is 0. The maximum absolute atomic E-state index is 12.8. The number of thiocarbonyl (C=S) groups is 1. The molecule has 0 aliphatic carbocycles. The van der Waals surface area contributed by atoms with Crippen LogP contribution in [-0.2, 0) is 9.53 Å². The molecule has 2 aromatic rings. The molecule has 3 rings (SSSR count). The van der Waals surface area contributed by atoms with E-state index >= 15 is 0 Å². The number of carbonyl (C=O) groups excluding carboxylic acids is 2. The lowest BCUT2D eigenvalue weighted by Crippen LogP contribution is -2.27. The molecule has 0 radical (unpaired) electrons. The molecule has 26 heavy (non-hydrogen) atoms. The maximum atomic E-state index is 12.8. The van der Waals surface area contributed by atoms with Crippen LogP contribution in [0.3, 0.4) is 0 Å². The Morgan fingerprint density at radius 1 is 1.08 bits per heavy atom. The van der Waals surface area contributed by atoms with Crippen molar-refractivity contribution in [2.75, 3.05) is 19.1 Å². The van der Waals surface area contributed by atoms with Crippen LogP contribution in [0.15, 0.2) is 53.4 Å². The normalized spacial score (nSPS) is 15.5. The molecule has 5 nitrogen and oxygen atoms in total. The van der Waals surface area contributed by atoms with E-state index in [-0.39, 0.29) is 5.91 Å². The summed E-state index contributed by atoms with van der Waals surface area (Å²) < 4.78 is 10.3. The lowest BCUT2D eigenvalue weighted by Gasteiger charge is -2.14. The third kappa shape index (κ3) is 3.63. The van der Waals surface area contributed by atoms with Gasteiger partial charge in [-0.3, -0.25) is 9.69 Å². The van der Waals surface area contributed by atoms with Gasteiger partial charge < -0.3 is 9.47 Å². The lowest BCUT2D eigenvalue weighted by atomic mass is 10.2. The lowest BCUT2D eigenvalue weighted by molar-refractivity contribution is -0.113. The number of nitrogens with zero attached hydrogens (tertiary/aromatic N) is 1. The predicted octanol–water partition coefficient (Wildman–Crippen LogP) is 3.89. The molecular formula is C19H15NO4S2. The molecule has 132 valence electrons. The number of methoxy groups -OCH3 is 2. The molecular weight excluding hydrogens is 370 g/mol. The zero-order valence-electron chi connectivity index (χ0n) is 14.1. The summed E-state index contributed by atoms with van der Waals surface area (Å²) in [6, 6.07) is 14.0. The van der Waals surface area contributed by atoms with E-state index in [2.05, 4.69) is 4.74 Å². The highest BCUT2D eigenvalue weighted by Gasteiger charge is 2.33. The molecule has 1 aliphatic heterocycles. The Labute approximate surface area is 160 Å². The van der Waals surface area contributed by atoms with Crippen molar-refractivity contribution in [3.63, 3.8) is 0 Å². The van der Waals surface area contributed by atoms with E-state index in [1.54, 1.807) is 37.5 Å². The Balaban J connectivity index is 1.84. The highest BCUT2D eigenvalue weighted by atomic mass is 32.2. The summed E-state index contributed by atoms with van der Waals surface area (Å²) in [7, 11) is 2.92. The topological polar surface area (TPSA) is 55.8 Å². The number of amides is 1. The minimum Gasteiger partial charge on any atom is -0.497 e. The first kappa shape index (κ1) is 18.2. The van der Waals surface area contributed by atoms with Crippen molar-refractivity contribution in [3.8, 4) is 5.75 Å². The van der Waals surface area contributed by atoms with Crippen molar-refractivity contribution in [3.05, 3.63) is 64.6 Å². The second kappa shape index (κ2) is 7.72. The second-order valence-electron chi connectivity index (χ2n) is 5.33. The third-order valence-corrected chi connectivity index (χ3v) is 5.06. The zero-order chi connectivity index (χ0) is 18.7. The summed E-state index contributed by atoms with van der Waals surface area (Å²) in [5.41, 5.74) is 1.90. The van der Waals surface area contributed by atoms with Crippen LogP contribution < -0.4 is 9.64 Å². The fourth-order valence-corrected chi connectivity index (χ4v) is 3.71. The minimum atomic E-state index is -0.429. The molecule has 7 heteroatoms. The van der Waals surface area contributed by atoms with E-state index in [0.29, 0.717) is 20.5 Å². The van der Waals surface area contributed by atoms with E-state index in [9.17, 15) is 9.59 Å². The molecule has 0 spiro atoms. The molecule has 1 heterocycles. The van der Waals surface area contributed by atoms with Gasteiger partial charge in [0, 0.05) is 0 Å². The Hall–Kier alpha value is -2.64. The van der Waals surface area contributed by atoms with E-state index in [1.165, 1.54) is 23.8 Å². The number of thioether (sulfide) groups is 1. The van der Waals surface area contributed by atoms with Crippen LogP contribution in [0.4, 0.5) is 5.69 Å². The summed E-state index contributed by atoms with van der Waals surface area (Å²) in [6.07, 6.45) is 1.79. The molecule has 1 aliphatic rings. The Bertz CT molecular complexity index is 889. The van der Waals surface area contributed by atoms with Crippen molar-refractivity contribution in [2.24, 2.45) is 0 Å². The Morgan fingerprint density at radius 3 is 2.31 bits per heavy atom. The molecule has 0 unspecified atom stereocenters. The van der Waals surface area contributed by atoms with Gasteiger partial charge in [0.05, 0.1) is 30.4 Å². The van der Waals surface area contributed by atoms with Gasteiger partial charge in [0.1, 0.15) is 5.75 Å². The number of hydrogen-bond acceptors (Lipinski definition) is 6. The average Bonchev–Trinajstić information content (AvgIpc) is 2.95. The highest BCUT2D eigenvalue weighted by Crippen LogP contribution is 2.36. The number of anilines is 1. The van der Waals surface area contributed by atoms with Crippen molar-refractivity contribution in [1.29, 1.82) is 0 Å². The first-order valence-corrected chi connectivity index (χ1v) is 8.86. The number of benzene rings is 2. The van der Waals surface area contributed by atoms with Crippen molar-refractivity contribution < 1.29 is 19.1 Å². The van der Waals surface area contributed by atoms with E-state index in [1.807, 2.05) is 24.3 Å². The van der Waals surface area contributed by atoms with Gasteiger partial charge in [-0.05, 0) is 48.0 Å². The van der Waals surface area contributed by atoms with Gasteiger partial charge in [-0.1, -0.05) is 36.1 Å². The van der Waals surface area contributed by atoms with Crippen LogP contribution in [0.25, 0.3) is 6.08 Å². The third-order valence-electron chi connectivity index (χ3n) is 3.75. The van der Waals surface area contributed by atoms with Gasteiger partial charge in [0.25, 0.3) is 5.91 Å². The molecule has 1 fully saturated rings. The van der Waals surface area contributed by atoms with Gasteiger partial charge in [-0.25, -0.2) is 4.79 Å². The molecule has 1 saturated heterocycles. The van der Waals surface area contributed by atoms with Crippen LogP contribution in [0.5, 0.6) is 5.75 Å². The first-order valence-electron chi connectivity index (χ1n) is 7.64. The van der Waals surface area contributed by atoms with Gasteiger partial charge in [-0.2, -0.15) is 0 Å². The minimum absolute atomic E-state index is 0.193. The number of rotatable bonds is 4. The van der Waals surface area contributed by atoms with Crippen LogP contribution in [-0.4, -0.2) is 30.4 Å². The Kier molecular flexibility index (Phi) is 5.39. The molecule has 0 atom stereocenters. The summed E-state index contributed by atoms with van der Waals surface area (Å²) >= 11 is 6.60. The smallest absolute Gasteiger partial charge is 0.337 e. The first-order chi connectivity index (χ1) is 12.5. The van der Waals surface area contributed by atoms with Crippen LogP contribution >= 0.6 is 24.0 Å². The van der Waals surface area contributed by atoms with Gasteiger partial charge >= 0.3 is 5.97 Å². The molecule has 0 bridgehead atoms. The quantitative estimate of drug-likeness (QED) is 0.452. The van der Waals surface area contributed by atoms with Crippen molar-refractivity contribution in [1.82, 2.24) is 0 Å². The highest BCUT2D eigenvalue weighted by molar-refractivity contribution is 8.27. The Morgan fingerprint density at radius 2 is 1.73 bits per heavy atom. The molecule has 0 aromatic heterocycles. The van der Waals surface area contributed by atoms with Gasteiger partial charge in [-0.15, -0.1) is 0 Å². The standard InChI is InChI=1S/C19H15NO4S2/c1-23-15-9-3-12(4-10-15)11-16-17(21)20(19(25)26-16)14-7-5-13(6-8-14)18(22)24-2/h3-11H,1-2H3. The zero-order valence-corrected chi connectivity index (χ0v) is 15.7. The van der Waals surface area contributed by atoms with E-state index < -0.39 is 5.97 Å². The average molecular weight is 385 g/mol. The second-order valence-corrected chi connectivity index (χ2v) is 7.00. The number of ether oxygens (including phenoxy) is 2. The van der Waals surface area contributed by atoms with Crippen molar-refractivity contribution >= 4 is 51.9 Å². The van der Waals surface area contributed by atoms with Crippen LogP contribution in [0.2, 0.25) is 0 Å². The number of hydrogen-bond donors (Lipinski definition) is 0. The van der Waals surface area contributed by atoms with Crippen molar-refractivity contribution in [2.45, 2.75) is 0 Å².